The third kappa shape index (κ3) is 4.97. The molecule has 0 bridgehead atoms. The lowest BCUT2D eigenvalue weighted by atomic mass is 10.2. The van der Waals surface area contributed by atoms with Crippen molar-refractivity contribution in [3.63, 3.8) is 0 Å². The summed E-state index contributed by atoms with van der Waals surface area (Å²) in [7, 11) is 0. The van der Waals surface area contributed by atoms with Gasteiger partial charge in [0.25, 0.3) is 5.91 Å². The minimum Gasteiger partial charge on any atom is -0.481 e. The Kier molecular flexibility index (Phi) is 6.82. The molecule has 9 heteroatoms. The van der Waals surface area contributed by atoms with Crippen LogP contribution in [0.15, 0.2) is 39.7 Å². The molecule has 1 N–H and O–H groups in total. The van der Waals surface area contributed by atoms with E-state index >= 15 is 0 Å². The molecule has 1 aliphatic heterocycles. The van der Waals surface area contributed by atoms with Gasteiger partial charge in [0.05, 0.1) is 9.93 Å². The van der Waals surface area contributed by atoms with Crippen molar-refractivity contribution < 1.29 is 19.1 Å². The first kappa shape index (κ1) is 20.9. The molecule has 1 amide bonds. The summed E-state index contributed by atoms with van der Waals surface area (Å²) in [6.45, 7) is 0.402. The highest BCUT2D eigenvalue weighted by Gasteiger charge is 2.31. The predicted molar refractivity (Wildman–Crippen MR) is 116 cm³/mol. The number of hydrogen-bond donors (Lipinski definition) is 1. The summed E-state index contributed by atoms with van der Waals surface area (Å²) in [6.07, 6.45) is 2.79. The average Bonchev–Trinajstić information content (AvgIpc) is 3.18. The van der Waals surface area contributed by atoms with E-state index in [-0.39, 0.29) is 12.3 Å². The Morgan fingerprint density at radius 1 is 1.25 bits per heavy atom. The molecule has 1 aromatic heterocycles. The number of thiocarbonyl (C=S) groups is 1. The van der Waals surface area contributed by atoms with Crippen molar-refractivity contribution in [1.82, 2.24) is 4.90 Å². The number of rotatable bonds is 7. The van der Waals surface area contributed by atoms with Crippen LogP contribution in [0.25, 0.3) is 17.4 Å². The third-order valence-electron chi connectivity index (χ3n) is 3.99. The summed E-state index contributed by atoms with van der Waals surface area (Å²) in [5, 5.41) is 9.69. The van der Waals surface area contributed by atoms with E-state index in [1.54, 1.807) is 36.4 Å². The highest BCUT2D eigenvalue weighted by molar-refractivity contribution is 8.26. The number of nitrogens with zero attached hydrogens (tertiary/aromatic N) is 1. The summed E-state index contributed by atoms with van der Waals surface area (Å²) >= 11 is 18.6. The Morgan fingerprint density at radius 2 is 2.04 bits per heavy atom. The summed E-state index contributed by atoms with van der Waals surface area (Å²) in [4.78, 5) is 25.1. The highest BCUT2D eigenvalue weighted by Crippen LogP contribution is 2.35. The van der Waals surface area contributed by atoms with Crippen LogP contribution >= 0.6 is 47.2 Å². The second kappa shape index (κ2) is 9.13. The number of carboxylic acid groups (broad SMARTS) is 1. The summed E-state index contributed by atoms with van der Waals surface area (Å²) < 4.78 is 6.26. The normalized spacial score (nSPS) is 15.6. The van der Waals surface area contributed by atoms with Crippen molar-refractivity contribution in [2.75, 3.05) is 6.54 Å². The van der Waals surface area contributed by atoms with Gasteiger partial charge in [-0.05, 0) is 43.2 Å². The van der Waals surface area contributed by atoms with Crippen molar-refractivity contribution in [3.05, 3.63) is 51.0 Å². The number of carbonyl (C=O) groups excluding carboxylic acids is 1. The van der Waals surface area contributed by atoms with Gasteiger partial charge < -0.3 is 9.52 Å². The molecular weight excluding hydrogens is 441 g/mol. The molecule has 1 aliphatic rings. The Hall–Kier alpha value is -1.80. The zero-order chi connectivity index (χ0) is 20.3. The summed E-state index contributed by atoms with van der Waals surface area (Å²) in [6, 6.07) is 8.65. The molecule has 5 nitrogen and oxygen atoms in total. The Balaban J connectivity index is 1.70. The number of unbranched alkanes of at least 4 members (excludes halogenated alkanes) is 1. The van der Waals surface area contributed by atoms with Crippen LogP contribution in [-0.2, 0) is 9.59 Å². The lowest BCUT2D eigenvalue weighted by Crippen LogP contribution is -2.29. The molecule has 146 valence electrons. The monoisotopic (exact) mass is 455 g/mol. The number of carbonyl (C=O) groups is 2. The smallest absolute Gasteiger partial charge is 0.303 e. The molecule has 28 heavy (non-hydrogen) atoms. The molecule has 2 aromatic rings. The van der Waals surface area contributed by atoms with E-state index in [2.05, 4.69) is 0 Å². The van der Waals surface area contributed by atoms with E-state index < -0.39 is 5.97 Å². The third-order valence-corrected chi connectivity index (χ3v) is 5.92. The molecular formula is C19H15Cl2NO4S2. The van der Waals surface area contributed by atoms with Crippen molar-refractivity contribution in [2.24, 2.45) is 0 Å². The molecule has 1 fully saturated rings. The fourth-order valence-corrected chi connectivity index (χ4v) is 4.42. The van der Waals surface area contributed by atoms with E-state index in [1.807, 2.05) is 0 Å². The summed E-state index contributed by atoms with van der Waals surface area (Å²) in [5.74, 6) is 0.0250. The van der Waals surface area contributed by atoms with Crippen LogP contribution in [0.2, 0.25) is 10.0 Å². The maximum absolute atomic E-state index is 12.6. The number of amides is 1. The average molecular weight is 456 g/mol. The molecule has 2 heterocycles. The SMILES string of the molecule is O=C(O)CCCCN1C(=O)C(=Cc2ccc(-c3ccc(Cl)cc3Cl)o2)SC1=S. The van der Waals surface area contributed by atoms with Gasteiger partial charge in [-0.3, -0.25) is 14.5 Å². The first-order valence-corrected chi connectivity index (χ1v) is 10.4. The number of hydrogen-bond acceptors (Lipinski definition) is 5. The van der Waals surface area contributed by atoms with Gasteiger partial charge in [-0.2, -0.15) is 0 Å². The van der Waals surface area contributed by atoms with Crippen LogP contribution in [-0.4, -0.2) is 32.7 Å². The van der Waals surface area contributed by atoms with E-state index in [0.717, 1.165) is 0 Å². The van der Waals surface area contributed by atoms with Crippen LogP contribution in [0.4, 0.5) is 0 Å². The molecule has 0 saturated carbocycles. The van der Waals surface area contributed by atoms with Gasteiger partial charge in [0.15, 0.2) is 0 Å². The number of carboxylic acids is 1. The number of furan rings is 1. The lowest BCUT2D eigenvalue weighted by Gasteiger charge is -2.13. The molecule has 0 radical (unpaired) electrons. The Morgan fingerprint density at radius 3 is 2.75 bits per heavy atom. The number of aliphatic carboxylic acids is 1. The van der Waals surface area contributed by atoms with E-state index in [0.29, 0.717) is 55.7 Å². The van der Waals surface area contributed by atoms with Crippen molar-refractivity contribution >= 4 is 69.5 Å². The molecule has 0 atom stereocenters. The molecule has 1 aromatic carbocycles. The van der Waals surface area contributed by atoms with Gasteiger partial charge in [0.1, 0.15) is 15.8 Å². The molecule has 0 unspecified atom stereocenters. The topological polar surface area (TPSA) is 70.8 Å². The molecule has 3 rings (SSSR count). The van der Waals surface area contributed by atoms with Gasteiger partial charge in [0, 0.05) is 29.6 Å². The van der Waals surface area contributed by atoms with Crippen molar-refractivity contribution in [2.45, 2.75) is 19.3 Å². The number of benzene rings is 1. The van der Waals surface area contributed by atoms with Crippen LogP contribution < -0.4 is 0 Å². The Bertz CT molecular complexity index is 971. The van der Waals surface area contributed by atoms with E-state index in [4.69, 9.17) is 44.9 Å². The molecule has 0 aliphatic carbocycles. The van der Waals surface area contributed by atoms with Crippen molar-refractivity contribution in [3.8, 4) is 11.3 Å². The molecule has 0 spiro atoms. The van der Waals surface area contributed by atoms with E-state index in [1.165, 1.54) is 16.7 Å². The van der Waals surface area contributed by atoms with Gasteiger partial charge in [-0.15, -0.1) is 0 Å². The van der Waals surface area contributed by atoms with Crippen LogP contribution in [0.1, 0.15) is 25.0 Å². The minimum absolute atomic E-state index is 0.0764. The van der Waals surface area contributed by atoms with Gasteiger partial charge in [0.2, 0.25) is 0 Å². The zero-order valence-corrected chi connectivity index (χ0v) is 17.6. The summed E-state index contributed by atoms with van der Waals surface area (Å²) in [5.41, 5.74) is 0.705. The second-order valence-electron chi connectivity index (χ2n) is 6.01. The minimum atomic E-state index is -0.848. The van der Waals surface area contributed by atoms with Crippen LogP contribution in [0.3, 0.4) is 0 Å². The lowest BCUT2D eigenvalue weighted by molar-refractivity contribution is -0.137. The van der Waals surface area contributed by atoms with Gasteiger partial charge in [-0.1, -0.05) is 47.2 Å². The standard InChI is InChI=1S/C19H15Cl2NO4S2/c20-11-4-6-13(14(21)9-11)15-7-5-12(26-15)10-16-18(25)22(19(27)28-16)8-2-1-3-17(23)24/h4-7,9-10H,1-3,8H2,(H,23,24). The van der Waals surface area contributed by atoms with Crippen LogP contribution in [0.5, 0.6) is 0 Å². The number of thioether (sulfide) groups is 1. The fraction of sp³-hybridized carbons (Fsp3) is 0.211. The van der Waals surface area contributed by atoms with Gasteiger partial charge in [-0.25, -0.2) is 0 Å². The maximum atomic E-state index is 12.6. The second-order valence-corrected chi connectivity index (χ2v) is 8.53. The highest BCUT2D eigenvalue weighted by atomic mass is 35.5. The maximum Gasteiger partial charge on any atom is 0.303 e. The van der Waals surface area contributed by atoms with Crippen molar-refractivity contribution in [1.29, 1.82) is 0 Å². The van der Waals surface area contributed by atoms with E-state index in [9.17, 15) is 9.59 Å². The quantitative estimate of drug-likeness (QED) is 0.327. The first-order valence-electron chi connectivity index (χ1n) is 8.37. The van der Waals surface area contributed by atoms with Gasteiger partial charge >= 0.3 is 5.97 Å². The fourth-order valence-electron chi connectivity index (χ4n) is 2.63. The predicted octanol–water partition coefficient (Wildman–Crippen LogP) is 5.71. The largest absolute Gasteiger partial charge is 0.481 e. The number of halogens is 2. The molecule has 1 saturated heterocycles. The Labute approximate surface area is 181 Å². The first-order chi connectivity index (χ1) is 13.3. The van der Waals surface area contributed by atoms with Crippen LogP contribution in [0, 0.1) is 0 Å². The zero-order valence-electron chi connectivity index (χ0n) is 14.5.